The molecule has 2 saturated carbocycles. The van der Waals surface area contributed by atoms with Crippen LogP contribution >= 0.6 is 34.8 Å². The summed E-state index contributed by atoms with van der Waals surface area (Å²) in [5.41, 5.74) is 1.54. The summed E-state index contributed by atoms with van der Waals surface area (Å²) in [7, 11) is 0. The first-order valence-electron chi connectivity index (χ1n) is 13.2. The molecule has 2 fully saturated rings. The Bertz CT molecular complexity index is 1390. The predicted octanol–water partition coefficient (Wildman–Crippen LogP) is 7.51. The number of rotatable bonds is 7. The zero-order valence-electron chi connectivity index (χ0n) is 21.5. The highest BCUT2D eigenvalue weighted by Gasteiger charge is 2.43. The first-order valence-corrected chi connectivity index (χ1v) is 14.3. The van der Waals surface area contributed by atoms with Gasteiger partial charge in [-0.3, -0.25) is 14.7 Å². The molecule has 2 aliphatic carbocycles. The maximum Gasteiger partial charge on any atom is 0.269 e. The smallest absolute Gasteiger partial charge is 0.269 e. The van der Waals surface area contributed by atoms with E-state index in [9.17, 15) is 9.59 Å². The largest absolute Gasteiger partial charge is 0.348 e. The van der Waals surface area contributed by atoms with Gasteiger partial charge in [-0.05, 0) is 61.8 Å². The summed E-state index contributed by atoms with van der Waals surface area (Å²) in [4.78, 5) is 26.4. The van der Waals surface area contributed by atoms with Gasteiger partial charge in [0.1, 0.15) is 11.5 Å². The Labute approximate surface area is 242 Å². The Hall–Kier alpha value is -2.61. The van der Waals surface area contributed by atoms with Crippen LogP contribution in [-0.2, 0) is 4.79 Å². The molecule has 0 aliphatic heterocycles. The highest BCUT2D eigenvalue weighted by Crippen LogP contribution is 2.50. The molecule has 0 unspecified atom stereocenters. The van der Waals surface area contributed by atoms with E-state index < -0.39 is 11.9 Å². The summed E-state index contributed by atoms with van der Waals surface area (Å²) in [6.45, 7) is 2.07. The summed E-state index contributed by atoms with van der Waals surface area (Å²) < 4.78 is 15.1. The number of hydrogen-bond acceptors (Lipinski definition) is 3. The zero-order chi connectivity index (χ0) is 27.7. The Kier molecular flexibility index (Phi) is 8.22. The van der Waals surface area contributed by atoms with E-state index in [2.05, 4.69) is 27.8 Å². The maximum absolute atomic E-state index is 15.1. The van der Waals surface area contributed by atoms with E-state index in [1.807, 2.05) is 18.2 Å². The third-order valence-electron chi connectivity index (χ3n) is 8.21. The quantitative estimate of drug-likeness (QED) is 0.249. The van der Waals surface area contributed by atoms with Crippen LogP contribution in [0.4, 0.5) is 4.39 Å². The molecule has 2 amide bonds. The lowest BCUT2D eigenvalue weighted by molar-refractivity contribution is -0.126. The number of carbonyl (C=O) groups excluding carboxylic acids is 2. The lowest BCUT2D eigenvalue weighted by Gasteiger charge is -2.36. The second-order valence-corrected chi connectivity index (χ2v) is 12.1. The number of hydrogen-bond donors (Lipinski definition) is 3. The number of halogens is 4. The fourth-order valence-corrected chi connectivity index (χ4v) is 6.65. The molecular weight excluding hydrogens is 562 g/mol. The summed E-state index contributed by atoms with van der Waals surface area (Å²) in [6, 6.07) is 10.9. The summed E-state index contributed by atoms with van der Waals surface area (Å²) in [5, 5.41) is 14.1. The van der Waals surface area contributed by atoms with E-state index >= 15 is 4.39 Å². The van der Waals surface area contributed by atoms with Gasteiger partial charge in [0.2, 0.25) is 5.91 Å². The Balaban J connectivity index is 1.26. The van der Waals surface area contributed by atoms with Gasteiger partial charge in [-0.1, -0.05) is 72.8 Å². The fraction of sp³-hybridized carbons (Fsp3) is 0.414. The van der Waals surface area contributed by atoms with Gasteiger partial charge in [0.05, 0.1) is 26.8 Å². The average molecular weight is 592 g/mol. The van der Waals surface area contributed by atoms with Crippen LogP contribution in [0.25, 0.3) is 11.3 Å². The van der Waals surface area contributed by atoms with E-state index in [0.29, 0.717) is 35.7 Å². The van der Waals surface area contributed by atoms with E-state index in [1.165, 1.54) is 12.1 Å². The van der Waals surface area contributed by atoms with Crippen molar-refractivity contribution in [3.05, 3.63) is 74.6 Å². The van der Waals surface area contributed by atoms with Gasteiger partial charge < -0.3 is 10.6 Å². The van der Waals surface area contributed by atoms with Crippen molar-refractivity contribution in [2.24, 2.45) is 11.3 Å². The van der Waals surface area contributed by atoms with Crippen molar-refractivity contribution >= 4 is 46.6 Å². The number of amides is 2. The van der Waals surface area contributed by atoms with Gasteiger partial charge >= 0.3 is 0 Å². The number of aromatic amines is 1. The number of benzene rings is 2. The summed E-state index contributed by atoms with van der Waals surface area (Å²) in [6.07, 6.45) is 5.47. The molecule has 5 rings (SSSR count). The number of carbonyl (C=O) groups is 2. The third-order valence-corrected chi connectivity index (χ3v) is 9.36. The van der Waals surface area contributed by atoms with Crippen LogP contribution in [0, 0.1) is 17.2 Å². The second-order valence-electron chi connectivity index (χ2n) is 10.9. The molecule has 0 saturated heterocycles. The van der Waals surface area contributed by atoms with Gasteiger partial charge in [0.15, 0.2) is 0 Å². The van der Waals surface area contributed by atoms with Crippen molar-refractivity contribution in [3.8, 4) is 11.3 Å². The highest BCUT2D eigenvalue weighted by atomic mass is 35.5. The van der Waals surface area contributed by atoms with Crippen molar-refractivity contribution in [2.45, 2.75) is 64.0 Å². The number of nitrogens with one attached hydrogen (secondary N) is 3. The summed E-state index contributed by atoms with van der Waals surface area (Å²) >= 11 is 19.0. The van der Waals surface area contributed by atoms with Crippen molar-refractivity contribution in [2.75, 3.05) is 0 Å². The van der Waals surface area contributed by atoms with Crippen LogP contribution in [0.3, 0.4) is 0 Å². The van der Waals surface area contributed by atoms with E-state index in [4.69, 9.17) is 34.8 Å². The molecular formula is C29H30Cl3FN4O2. The fourth-order valence-electron chi connectivity index (χ4n) is 5.99. The molecule has 6 nitrogen and oxygen atoms in total. The second kappa shape index (κ2) is 11.5. The van der Waals surface area contributed by atoms with Crippen LogP contribution in [-0.4, -0.2) is 28.1 Å². The van der Waals surface area contributed by atoms with Crippen molar-refractivity contribution < 1.29 is 14.0 Å². The monoisotopic (exact) mass is 590 g/mol. The molecule has 3 atom stereocenters. The van der Waals surface area contributed by atoms with Gasteiger partial charge in [-0.25, -0.2) is 4.39 Å². The topological polar surface area (TPSA) is 86.9 Å². The minimum Gasteiger partial charge on any atom is -0.348 e. The van der Waals surface area contributed by atoms with Crippen LogP contribution in [0.5, 0.6) is 0 Å². The molecule has 2 aromatic carbocycles. The minimum absolute atomic E-state index is 0.141. The lowest BCUT2D eigenvalue weighted by Crippen LogP contribution is -2.42. The molecule has 10 heteroatoms. The third kappa shape index (κ3) is 5.81. The van der Waals surface area contributed by atoms with Crippen LogP contribution in [0.15, 0.2) is 42.5 Å². The molecule has 3 aromatic rings. The van der Waals surface area contributed by atoms with E-state index in [-0.39, 0.29) is 44.8 Å². The molecule has 206 valence electrons. The number of H-pyrrole nitrogens is 1. The maximum atomic E-state index is 15.1. The average Bonchev–Trinajstić information content (AvgIpc) is 3.68. The summed E-state index contributed by atoms with van der Waals surface area (Å²) in [5.74, 6) is -1.25. The highest BCUT2D eigenvalue weighted by molar-refractivity contribution is 6.42. The molecule has 3 N–H and O–H groups in total. The van der Waals surface area contributed by atoms with Crippen LogP contribution < -0.4 is 10.6 Å². The number of nitrogens with zero attached hydrogens (tertiary/aromatic N) is 1. The van der Waals surface area contributed by atoms with Gasteiger partial charge in [-0.15, -0.1) is 0 Å². The van der Waals surface area contributed by atoms with Gasteiger partial charge in [-0.2, -0.15) is 5.10 Å². The Morgan fingerprint density at radius 2 is 1.82 bits per heavy atom. The van der Waals surface area contributed by atoms with E-state index in [1.54, 1.807) is 12.1 Å². The molecule has 0 radical (unpaired) electrons. The number of aromatic nitrogens is 2. The lowest BCUT2D eigenvalue weighted by atomic mass is 9.76. The molecule has 1 heterocycles. The van der Waals surface area contributed by atoms with Crippen LogP contribution in [0.1, 0.15) is 74.0 Å². The molecule has 0 bridgehead atoms. The molecule has 39 heavy (non-hydrogen) atoms. The van der Waals surface area contributed by atoms with Crippen molar-refractivity contribution in [1.82, 2.24) is 20.8 Å². The molecule has 1 aromatic heterocycles. The SMILES string of the molecule is CC1([C@H](NC(=O)[C@H]2CC[C@@H](NC(=O)c3cc(-c4ccccc4Cl)n[nH]3)C2)c2c(F)ccc(Cl)c2Cl)CCCC1. The van der Waals surface area contributed by atoms with Crippen LogP contribution in [0.2, 0.25) is 15.1 Å². The molecule has 0 spiro atoms. The zero-order valence-corrected chi connectivity index (χ0v) is 23.8. The van der Waals surface area contributed by atoms with Gasteiger partial charge in [0.25, 0.3) is 5.91 Å². The van der Waals surface area contributed by atoms with Crippen molar-refractivity contribution in [3.63, 3.8) is 0 Å². The van der Waals surface area contributed by atoms with Crippen molar-refractivity contribution in [1.29, 1.82) is 0 Å². The first kappa shape index (κ1) is 27.9. The van der Waals surface area contributed by atoms with E-state index in [0.717, 1.165) is 31.2 Å². The predicted molar refractivity (Wildman–Crippen MR) is 152 cm³/mol. The Morgan fingerprint density at radius 3 is 2.56 bits per heavy atom. The Morgan fingerprint density at radius 1 is 1.08 bits per heavy atom. The first-order chi connectivity index (χ1) is 18.7. The van der Waals surface area contributed by atoms with Gasteiger partial charge in [0, 0.05) is 23.1 Å². The standard InChI is InChI=1S/C29H30Cl3FN4O2/c1-29(12-4-5-13-29)26(24-21(33)11-10-20(31)25(24)32)35-27(38)16-8-9-17(14-16)34-28(39)23-15-22(36-37-23)18-6-2-3-7-19(18)30/h2-3,6-7,10-11,15-17,26H,4-5,8-9,12-14H2,1H3,(H,34,39)(H,35,38)(H,36,37)/t16-,17+,26+/m0/s1. The molecule has 2 aliphatic rings. The normalized spacial score (nSPS) is 21.1. The minimum atomic E-state index is -0.597.